The van der Waals surface area contributed by atoms with Crippen LogP contribution < -0.4 is 0 Å². The van der Waals surface area contributed by atoms with E-state index < -0.39 is 0 Å². The van der Waals surface area contributed by atoms with Crippen molar-refractivity contribution in [1.29, 1.82) is 0 Å². The summed E-state index contributed by atoms with van der Waals surface area (Å²) in [5.41, 5.74) is 4.41. The summed E-state index contributed by atoms with van der Waals surface area (Å²) in [4.78, 5) is 0. The number of nitrogens with zero attached hydrogens (tertiary/aromatic N) is 2. The Bertz CT molecular complexity index is 874. The molecule has 0 radical (unpaired) electrons. The summed E-state index contributed by atoms with van der Waals surface area (Å²) in [6.07, 6.45) is 3.00. The Hall–Kier alpha value is -2.42. The predicted octanol–water partition coefficient (Wildman–Crippen LogP) is 3.64. The lowest BCUT2D eigenvalue weighted by Crippen LogP contribution is -2.20. The van der Waals surface area contributed by atoms with Gasteiger partial charge in [-0.15, -0.1) is 0 Å². The predicted molar refractivity (Wildman–Crippen MR) is 83.0 cm³/mol. The Morgan fingerprint density at radius 2 is 1.81 bits per heavy atom. The monoisotopic (exact) mass is 279 g/mol. The van der Waals surface area contributed by atoms with Crippen LogP contribution in [0.25, 0.3) is 10.9 Å². The van der Waals surface area contributed by atoms with Crippen molar-refractivity contribution >= 4 is 22.8 Å². The van der Waals surface area contributed by atoms with Crippen LogP contribution in [0, 0.1) is 5.82 Å². The van der Waals surface area contributed by atoms with E-state index in [2.05, 4.69) is 42.1 Å². The molecule has 3 aromatic rings. The van der Waals surface area contributed by atoms with Crippen LogP contribution in [-0.2, 0) is 13.5 Å². The van der Waals surface area contributed by atoms with E-state index in [1.165, 1.54) is 28.2 Å². The second-order valence-electron chi connectivity index (χ2n) is 5.46. The number of benzene rings is 2. The van der Waals surface area contributed by atoms with Gasteiger partial charge in [0, 0.05) is 30.4 Å². The fourth-order valence-electron chi connectivity index (χ4n) is 3.24. The van der Waals surface area contributed by atoms with Crippen molar-refractivity contribution in [3.8, 4) is 0 Å². The summed E-state index contributed by atoms with van der Waals surface area (Å²) in [5.74, 6) is -0.170. The minimum absolute atomic E-state index is 0.170. The maximum Gasteiger partial charge on any atom is 0.241 e. The van der Waals surface area contributed by atoms with Gasteiger partial charge in [0.1, 0.15) is 5.69 Å². The maximum absolute atomic E-state index is 14.0. The second kappa shape index (κ2) is 4.55. The molecule has 0 fully saturated rings. The summed E-state index contributed by atoms with van der Waals surface area (Å²) in [6, 6.07) is 15.4. The van der Waals surface area contributed by atoms with Crippen LogP contribution in [0.3, 0.4) is 0 Å². The number of para-hydroxylation sites is 2. The third kappa shape index (κ3) is 1.81. The Balaban J connectivity index is 1.94. The molecule has 2 aromatic carbocycles. The van der Waals surface area contributed by atoms with Crippen molar-refractivity contribution < 1.29 is 8.97 Å². The highest BCUT2D eigenvalue weighted by Gasteiger charge is 2.25. The molecule has 3 heteroatoms. The van der Waals surface area contributed by atoms with E-state index in [0.29, 0.717) is 5.69 Å². The van der Waals surface area contributed by atoms with Crippen LogP contribution in [-0.4, -0.2) is 21.9 Å². The van der Waals surface area contributed by atoms with E-state index in [4.69, 9.17) is 0 Å². The van der Waals surface area contributed by atoms with E-state index in [0.717, 1.165) is 13.0 Å². The highest BCUT2D eigenvalue weighted by molar-refractivity contribution is 5.94. The fourth-order valence-corrected chi connectivity index (χ4v) is 3.24. The van der Waals surface area contributed by atoms with Gasteiger partial charge in [-0.1, -0.05) is 30.3 Å². The normalized spacial score (nSPS) is 14.1. The zero-order valence-electron chi connectivity index (χ0n) is 11.9. The molecule has 0 saturated heterocycles. The number of aryl methyl sites for hydroxylation is 1. The maximum atomic E-state index is 14.0. The molecule has 104 valence electrons. The lowest BCUT2D eigenvalue weighted by atomic mass is 10.1. The van der Waals surface area contributed by atoms with Crippen molar-refractivity contribution in [1.82, 2.24) is 4.57 Å². The number of aromatic nitrogens is 1. The molecule has 0 saturated carbocycles. The summed E-state index contributed by atoms with van der Waals surface area (Å²) >= 11 is 0. The van der Waals surface area contributed by atoms with Gasteiger partial charge in [-0.25, -0.2) is 0 Å². The minimum atomic E-state index is -0.170. The van der Waals surface area contributed by atoms with E-state index in [1.54, 1.807) is 6.07 Å². The third-order valence-electron chi connectivity index (χ3n) is 4.30. The molecule has 0 unspecified atom stereocenters. The second-order valence-corrected chi connectivity index (χ2v) is 5.46. The van der Waals surface area contributed by atoms with E-state index >= 15 is 0 Å². The van der Waals surface area contributed by atoms with Crippen molar-refractivity contribution in [2.24, 2.45) is 7.05 Å². The number of hydrogen-bond donors (Lipinski definition) is 0. The molecule has 1 aromatic heterocycles. The van der Waals surface area contributed by atoms with Crippen LogP contribution >= 0.6 is 0 Å². The molecule has 0 atom stereocenters. The first-order chi connectivity index (χ1) is 10.3. The molecule has 0 N–H and O–H groups in total. The fraction of sp³-hybridized carbons (Fsp3) is 0.167. The van der Waals surface area contributed by atoms with Crippen molar-refractivity contribution in [3.05, 3.63) is 65.6 Å². The van der Waals surface area contributed by atoms with Crippen LogP contribution in [0.5, 0.6) is 0 Å². The molecule has 4 rings (SSSR count). The van der Waals surface area contributed by atoms with Crippen LogP contribution in [0.4, 0.5) is 10.1 Å². The van der Waals surface area contributed by atoms with Gasteiger partial charge in [0.2, 0.25) is 5.69 Å². The van der Waals surface area contributed by atoms with E-state index in [9.17, 15) is 4.39 Å². The summed E-state index contributed by atoms with van der Waals surface area (Å²) in [7, 11) is 2.07. The number of halogens is 1. The smallest absolute Gasteiger partial charge is 0.241 e. The molecule has 1 aliphatic heterocycles. The van der Waals surface area contributed by atoms with E-state index in [-0.39, 0.29) is 5.82 Å². The topological polar surface area (TPSA) is 7.94 Å². The summed E-state index contributed by atoms with van der Waals surface area (Å²) in [5, 5.41) is 1.31. The van der Waals surface area contributed by atoms with Crippen LogP contribution in [0.2, 0.25) is 0 Å². The number of hydrogen-bond acceptors (Lipinski definition) is 0. The zero-order valence-corrected chi connectivity index (χ0v) is 11.9. The standard InChI is InChI=1S/C18H16FN2/c1-20-16-8-4-2-6-13(16)14-10-11-21(12-18(14)20)17-9-5-3-7-15(17)19/h2-9,12H,10-11H2,1H3/q+1. The lowest BCUT2D eigenvalue weighted by molar-refractivity contribution is -0.438. The van der Waals surface area contributed by atoms with Crippen LogP contribution in [0.15, 0.2) is 48.5 Å². The quantitative estimate of drug-likeness (QED) is 0.601. The minimum Gasteiger partial charge on any atom is -0.339 e. The molecule has 0 bridgehead atoms. The van der Waals surface area contributed by atoms with Gasteiger partial charge >= 0.3 is 0 Å². The van der Waals surface area contributed by atoms with Gasteiger partial charge < -0.3 is 4.57 Å². The van der Waals surface area contributed by atoms with Gasteiger partial charge in [-0.05, 0) is 17.7 Å². The van der Waals surface area contributed by atoms with Crippen LogP contribution in [0.1, 0.15) is 11.3 Å². The highest BCUT2D eigenvalue weighted by atomic mass is 19.1. The Kier molecular flexibility index (Phi) is 2.67. The Morgan fingerprint density at radius 1 is 1.05 bits per heavy atom. The van der Waals surface area contributed by atoms with Crippen molar-refractivity contribution in [3.63, 3.8) is 0 Å². The van der Waals surface area contributed by atoms with Gasteiger partial charge in [-0.3, -0.25) is 0 Å². The van der Waals surface area contributed by atoms with Gasteiger partial charge in [0.05, 0.1) is 0 Å². The zero-order chi connectivity index (χ0) is 14.4. The molecule has 0 spiro atoms. The molecule has 2 heterocycles. The van der Waals surface area contributed by atoms with Gasteiger partial charge in [0.15, 0.2) is 18.6 Å². The summed E-state index contributed by atoms with van der Waals surface area (Å²) in [6.45, 7) is 0.807. The first-order valence-electron chi connectivity index (χ1n) is 7.18. The van der Waals surface area contributed by atoms with E-state index in [1.807, 2.05) is 16.7 Å². The highest BCUT2D eigenvalue weighted by Crippen LogP contribution is 2.28. The average molecular weight is 279 g/mol. The van der Waals surface area contributed by atoms with Crippen molar-refractivity contribution in [2.75, 3.05) is 6.54 Å². The van der Waals surface area contributed by atoms with Gasteiger partial charge in [-0.2, -0.15) is 8.97 Å². The largest absolute Gasteiger partial charge is 0.339 e. The SMILES string of the molecule is Cn1c2c(c3ccccc31)CC[N+](c1ccccc1F)=C2. The molecule has 2 nitrogen and oxygen atoms in total. The lowest BCUT2D eigenvalue weighted by Gasteiger charge is -2.10. The molecular weight excluding hydrogens is 263 g/mol. The van der Waals surface area contributed by atoms with Gasteiger partial charge in [0.25, 0.3) is 0 Å². The number of fused-ring (bicyclic) bond motifs is 3. The molecule has 0 aliphatic carbocycles. The Morgan fingerprint density at radius 3 is 2.67 bits per heavy atom. The Labute approximate surface area is 122 Å². The average Bonchev–Trinajstić information content (AvgIpc) is 2.81. The number of rotatable bonds is 1. The van der Waals surface area contributed by atoms with Crippen molar-refractivity contribution in [2.45, 2.75) is 6.42 Å². The molecular formula is C18H16FN2+. The third-order valence-corrected chi connectivity index (χ3v) is 4.30. The molecule has 21 heavy (non-hydrogen) atoms. The first-order valence-corrected chi connectivity index (χ1v) is 7.18. The summed E-state index contributed by atoms with van der Waals surface area (Å²) < 4.78 is 18.2. The molecule has 1 aliphatic rings. The first kappa shape index (κ1) is 12.3. The molecule has 0 amide bonds.